The summed E-state index contributed by atoms with van der Waals surface area (Å²) in [6.07, 6.45) is 0. The van der Waals surface area contributed by atoms with Crippen LogP contribution in [0.15, 0.2) is 90.1 Å². The number of aromatic nitrogens is 3. The first kappa shape index (κ1) is 19.7. The van der Waals surface area contributed by atoms with Crippen LogP contribution in [0.5, 0.6) is 0 Å². The summed E-state index contributed by atoms with van der Waals surface area (Å²) in [6.45, 7) is 0.536. The minimum atomic E-state index is -0.0999. The number of rotatable bonds is 8. The van der Waals surface area contributed by atoms with Gasteiger partial charge in [0.2, 0.25) is 11.1 Å². The second kappa shape index (κ2) is 9.76. The van der Waals surface area contributed by atoms with Gasteiger partial charge in [0.1, 0.15) is 5.82 Å². The highest BCUT2D eigenvalue weighted by Crippen LogP contribution is 2.27. The lowest BCUT2D eigenvalue weighted by molar-refractivity contribution is -0.113. The molecule has 0 spiro atoms. The van der Waals surface area contributed by atoms with Crippen molar-refractivity contribution in [2.75, 3.05) is 16.4 Å². The highest BCUT2D eigenvalue weighted by Gasteiger charge is 2.11. The molecule has 0 atom stereocenters. The first-order valence-electron chi connectivity index (χ1n) is 9.55. The lowest BCUT2D eigenvalue weighted by Gasteiger charge is -2.10. The summed E-state index contributed by atoms with van der Waals surface area (Å²) < 4.78 is 0. The standard InChI is InChI=1S/C23H21N5OS/c29-22(25-20-14-8-7-13-19(20)17-9-3-1-4-10-17)16-30-23-26-21(27-28-23)15-24-18-11-5-2-6-12-18/h1-14,24H,15-16H2,(H,25,29)(H,26,27,28). The van der Waals surface area contributed by atoms with Gasteiger partial charge < -0.3 is 10.6 Å². The number of hydrogen-bond acceptors (Lipinski definition) is 5. The zero-order valence-electron chi connectivity index (χ0n) is 16.2. The number of aromatic amines is 1. The normalized spacial score (nSPS) is 10.5. The van der Waals surface area contributed by atoms with Crippen molar-refractivity contribution >= 4 is 29.0 Å². The Morgan fingerprint density at radius 1 is 0.900 bits per heavy atom. The van der Waals surface area contributed by atoms with Gasteiger partial charge in [-0.25, -0.2) is 4.98 Å². The van der Waals surface area contributed by atoms with Gasteiger partial charge in [-0.2, -0.15) is 0 Å². The zero-order valence-corrected chi connectivity index (χ0v) is 17.0. The van der Waals surface area contributed by atoms with Crippen LogP contribution in [0.25, 0.3) is 11.1 Å². The average Bonchev–Trinajstić information content (AvgIpc) is 3.26. The van der Waals surface area contributed by atoms with Gasteiger partial charge in [0.05, 0.1) is 12.3 Å². The molecule has 30 heavy (non-hydrogen) atoms. The van der Waals surface area contributed by atoms with E-state index in [2.05, 4.69) is 25.8 Å². The highest BCUT2D eigenvalue weighted by molar-refractivity contribution is 7.99. The molecule has 1 amide bonds. The minimum absolute atomic E-state index is 0.0999. The molecule has 150 valence electrons. The van der Waals surface area contributed by atoms with E-state index in [0.29, 0.717) is 11.7 Å². The molecule has 6 nitrogen and oxygen atoms in total. The van der Waals surface area contributed by atoms with Crippen molar-refractivity contribution in [2.24, 2.45) is 0 Å². The quantitative estimate of drug-likeness (QED) is 0.360. The van der Waals surface area contributed by atoms with Gasteiger partial charge in [-0.3, -0.25) is 9.89 Å². The van der Waals surface area contributed by atoms with Crippen molar-refractivity contribution in [3.05, 3.63) is 90.8 Å². The largest absolute Gasteiger partial charge is 0.378 e. The number of nitrogens with one attached hydrogen (secondary N) is 3. The third-order valence-electron chi connectivity index (χ3n) is 4.36. The molecule has 0 bridgehead atoms. The van der Waals surface area contributed by atoms with Crippen molar-refractivity contribution in [2.45, 2.75) is 11.7 Å². The Morgan fingerprint density at radius 2 is 1.60 bits per heavy atom. The Labute approximate surface area is 179 Å². The number of amides is 1. The molecule has 0 aliphatic rings. The first-order valence-corrected chi connectivity index (χ1v) is 10.5. The van der Waals surface area contributed by atoms with Gasteiger partial charge in [-0.1, -0.05) is 78.5 Å². The van der Waals surface area contributed by atoms with E-state index >= 15 is 0 Å². The SMILES string of the molecule is O=C(CSc1n[nH]c(CNc2ccccc2)n1)Nc1ccccc1-c1ccccc1. The van der Waals surface area contributed by atoms with Crippen molar-refractivity contribution in [3.63, 3.8) is 0 Å². The predicted octanol–water partition coefficient (Wildman–Crippen LogP) is 4.81. The predicted molar refractivity (Wildman–Crippen MR) is 121 cm³/mol. The van der Waals surface area contributed by atoms with Crippen LogP contribution in [0.2, 0.25) is 0 Å². The average molecular weight is 416 g/mol. The van der Waals surface area contributed by atoms with Gasteiger partial charge in [-0.15, -0.1) is 5.10 Å². The van der Waals surface area contributed by atoms with Gasteiger partial charge >= 0.3 is 0 Å². The Bertz CT molecular complexity index is 1100. The van der Waals surface area contributed by atoms with E-state index in [0.717, 1.165) is 28.3 Å². The fraction of sp³-hybridized carbons (Fsp3) is 0.0870. The molecule has 0 unspecified atom stereocenters. The van der Waals surface area contributed by atoms with E-state index in [1.807, 2.05) is 84.9 Å². The molecule has 3 N–H and O–H groups in total. The van der Waals surface area contributed by atoms with E-state index < -0.39 is 0 Å². The van der Waals surface area contributed by atoms with E-state index in [9.17, 15) is 4.79 Å². The van der Waals surface area contributed by atoms with Gasteiger partial charge in [0, 0.05) is 16.9 Å². The molecular formula is C23H21N5OS. The third-order valence-corrected chi connectivity index (χ3v) is 5.21. The summed E-state index contributed by atoms with van der Waals surface area (Å²) in [5, 5.41) is 13.9. The number of para-hydroxylation sites is 2. The van der Waals surface area contributed by atoms with Crippen molar-refractivity contribution in [3.8, 4) is 11.1 Å². The molecule has 4 aromatic rings. The molecule has 0 saturated heterocycles. The van der Waals surface area contributed by atoms with Gasteiger partial charge in [0.15, 0.2) is 0 Å². The van der Waals surface area contributed by atoms with Crippen LogP contribution < -0.4 is 10.6 Å². The number of nitrogens with zero attached hydrogens (tertiary/aromatic N) is 2. The minimum Gasteiger partial charge on any atom is -0.378 e. The summed E-state index contributed by atoms with van der Waals surface area (Å²) in [6, 6.07) is 27.7. The maximum atomic E-state index is 12.5. The highest BCUT2D eigenvalue weighted by atomic mass is 32.2. The van der Waals surface area contributed by atoms with Crippen LogP contribution in [0.3, 0.4) is 0 Å². The molecule has 1 heterocycles. The molecule has 0 saturated carbocycles. The summed E-state index contributed by atoms with van der Waals surface area (Å²) in [4.78, 5) is 16.9. The van der Waals surface area contributed by atoms with Crippen molar-refractivity contribution in [1.29, 1.82) is 0 Å². The van der Waals surface area contributed by atoms with E-state index in [-0.39, 0.29) is 11.7 Å². The zero-order chi connectivity index (χ0) is 20.6. The first-order chi connectivity index (χ1) is 14.8. The summed E-state index contributed by atoms with van der Waals surface area (Å²) in [7, 11) is 0. The molecule has 0 aliphatic heterocycles. The monoisotopic (exact) mass is 415 g/mol. The Hall–Kier alpha value is -3.58. The molecule has 4 rings (SSSR count). The third kappa shape index (κ3) is 5.27. The fourth-order valence-electron chi connectivity index (χ4n) is 2.94. The Balaban J connectivity index is 1.31. The molecule has 1 aromatic heterocycles. The summed E-state index contributed by atoms with van der Waals surface area (Å²) >= 11 is 1.30. The van der Waals surface area contributed by atoms with E-state index in [4.69, 9.17) is 0 Å². The van der Waals surface area contributed by atoms with Crippen LogP contribution in [-0.2, 0) is 11.3 Å². The summed E-state index contributed by atoms with van der Waals surface area (Å²) in [5.41, 5.74) is 3.85. The second-order valence-electron chi connectivity index (χ2n) is 6.53. The number of thioether (sulfide) groups is 1. The Morgan fingerprint density at radius 3 is 2.40 bits per heavy atom. The van der Waals surface area contributed by atoms with Crippen LogP contribution in [0.1, 0.15) is 5.82 Å². The summed E-state index contributed by atoms with van der Waals surface area (Å²) in [5.74, 6) is 0.848. The van der Waals surface area contributed by atoms with Crippen LogP contribution in [0, 0.1) is 0 Å². The lowest BCUT2D eigenvalue weighted by atomic mass is 10.0. The van der Waals surface area contributed by atoms with Crippen molar-refractivity contribution < 1.29 is 4.79 Å². The van der Waals surface area contributed by atoms with Crippen LogP contribution in [-0.4, -0.2) is 26.8 Å². The molecule has 0 radical (unpaired) electrons. The smallest absolute Gasteiger partial charge is 0.234 e. The lowest BCUT2D eigenvalue weighted by Crippen LogP contribution is -2.14. The molecular weight excluding hydrogens is 394 g/mol. The van der Waals surface area contributed by atoms with Crippen LogP contribution in [0.4, 0.5) is 11.4 Å². The number of hydrogen-bond donors (Lipinski definition) is 3. The number of carbonyl (C=O) groups excluding carboxylic acids is 1. The van der Waals surface area contributed by atoms with E-state index in [1.54, 1.807) is 0 Å². The molecule has 7 heteroatoms. The topological polar surface area (TPSA) is 82.7 Å². The number of benzene rings is 3. The fourth-order valence-corrected chi connectivity index (χ4v) is 3.56. The van der Waals surface area contributed by atoms with Gasteiger partial charge in [0.25, 0.3) is 0 Å². The maximum Gasteiger partial charge on any atom is 0.234 e. The maximum absolute atomic E-state index is 12.5. The second-order valence-corrected chi connectivity index (χ2v) is 7.48. The van der Waals surface area contributed by atoms with Crippen LogP contribution >= 0.6 is 11.8 Å². The number of carbonyl (C=O) groups is 1. The molecule has 0 fully saturated rings. The number of anilines is 2. The Kier molecular flexibility index (Phi) is 6.41. The van der Waals surface area contributed by atoms with Gasteiger partial charge in [-0.05, 0) is 23.8 Å². The van der Waals surface area contributed by atoms with Crippen molar-refractivity contribution in [1.82, 2.24) is 15.2 Å². The van der Waals surface area contributed by atoms with E-state index in [1.165, 1.54) is 11.8 Å². The molecule has 3 aromatic carbocycles. The molecule has 0 aliphatic carbocycles. The number of H-pyrrole nitrogens is 1.